The van der Waals surface area contributed by atoms with Crippen LogP contribution in [0, 0.1) is 0 Å². The van der Waals surface area contributed by atoms with E-state index in [1.54, 1.807) is 24.3 Å². The van der Waals surface area contributed by atoms with Gasteiger partial charge in [-0.25, -0.2) is 0 Å². The number of amides is 2. The summed E-state index contributed by atoms with van der Waals surface area (Å²) in [6, 6.07) is 8.82. The van der Waals surface area contributed by atoms with E-state index >= 15 is 0 Å². The fourth-order valence-corrected chi connectivity index (χ4v) is 3.07. The molecule has 2 amide bonds. The van der Waals surface area contributed by atoms with Gasteiger partial charge in [0.15, 0.2) is 11.5 Å². The standard InChI is InChI=1S/C17H18N2O4S/c1-2-19(17(21)15-4-3-9-24-15)11-16(20)18-12-5-6-13-14(10-12)23-8-7-22-13/h3-6,9-10H,2,7-8,11H2,1H3,(H,18,20). The Hall–Kier alpha value is -2.54. The molecule has 1 aliphatic heterocycles. The van der Waals surface area contributed by atoms with Crippen LogP contribution in [0.4, 0.5) is 5.69 Å². The van der Waals surface area contributed by atoms with Crippen LogP contribution in [0.5, 0.6) is 11.5 Å². The summed E-state index contributed by atoms with van der Waals surface area (Å²) in [6.45, 7) is 3.33. The summed E-state index contributed by atoms with van der Waals surface area (Å²) in [5.74, 6) is 0.895. The average molecular weight is 346 g/mol. The lowest BCUT2D eigenvalue weighted by molar-refractivity contribution is -0.116. The summed E-state index contributed by atoms with van der Waals surface area (Å²) in [5, 5.41) is 4.64. The van der Waals surface area contributed by atoms with E-state index in [2.05, 4.69) is 5.32 Å². The number of carbonyl (C=O) groups is 2. The van der Waals surface area contributed by atoms with Gasteiger partial charge in [-0.1, -0.05) is 6.07 Å². The fourth-order valence-electron chi connectivity index (χ4n) is 2.38. The molecule has 0 fully saturated rings. The molecular formula is C17H18N2O4S. The van der Waals surface area contributed by atoms with Crippen molar-refractivity contribution in [3.05, 3.63) is 40.6 Å². The van der Waals surface area contributed by atoms with Crippen LogP contribution in [0.25, 0.3) is 0 Å². The topological polar surface area (TPSA) is 67.9 Å². The SMILES string of the molecule is CCN(CC(=O)Nc1ccc2c(c1)OCCO2)C(=O)c1cccs1. The van der Waals surface area contributed by atoms with E-state index in [1.807, 2.05) is 18.4 Å². The van der Waals surface area contributed by atoms with Gasteiger partial charge < -0.3 is 19.7 Å². The molecule has 1 aliphatic rings. The zero-order valence-electron chi connectivity index (χ0n) is 13.3. The first-order valence-electron chi connectivity index (χ1n) is 7.69. The summed E-state index contributed by atoms with van der Waals surface area (Å²) >= 11 is 1.37. The molecule has 1 aromatic heterocycles. The average Bonchev–Trinajstić information content (AvgIpc) is 3.13. The zero-order valence-corrected chi connectivity index (χ0v) is 14.1. The third-order valence-electron chi connectivity index (χ3n) is 3.56. The number of benzene rings is 1. The maximum atomic E-state index is 12.3. The molecule has 1 aromatic carbocycles. The lowest BCUT2D eigenvalue weighted by atomic mass is 10.2. The van der Waals surface area contributed by atoms with Crippen molar-refractivity contribution in [2.45, 2.75) is 6.92 Å². The molecule has 1 N–H and O–H groups in total. The van der Waals surface area contributed by atoms with Crippen LogP contribution < -0.4 is 14.8 Å². The van der Waals surface area contributed by atoms with E-state index in [1.165, 1.54) is 16.2 Å². The van der Waals surface area contributed by atoms with Gasteiger partial charge in [0.25, 0.3) is 5.91 Å². The van der Waals surface area contributed by atoms with Crippen molar-refractivity contribution in [2.75, 3.05) is 31.6 Å². The molecule has 0 aliphatic carbocycles. The van der Waals surface area contributed by atoms with Crippen molar-refractivity contribution in [1.29, 1.82) is 0 Å². The maximum Gasteiger partial charge on any atom is 0.264 e. The largest absolute Gasteiger partial charge is 0.486 e. The molecular weight excluding hydrogens is 328 g/mol. The number of anilines is 1. The van der Waals surface area contributed by atoms with Crippen molar-refractivity contribution < 1.29 is 19.1 Å². The van der Waals surface area contributed by atoms with Gasteiger partial charge in [-0.15, -0.1) is 11.3 Å². The Morgan fingerprint density at radius 3 is 2.71 bits per heavy atom. The van der Waals surface area contributed by atoms with Gasteiger partial charge in [0, 0.05) is 18.3 Å². The van der Waals surface area contributed by atoms with Crippen LogP contribution in [-0.4, -0.2) is 43.0 Å². The van der Waals surface area contributed by atoms with Gasteiger partial charge in [-0.2, -0.15) is 0 Å². The Kier molecular flexibility index (Phi) is 5.00. The number of thiophene rings is 1. The molecule has 0 radical (unpaired) electrons. The Morgan fingerprint density at radius 2 is 2.00 bits per heavy atom. The van der Waals surface area contributed by atoms with Crippen LogP contribution in [0.1, 0.15) is 16.6 Å². The Labute approximate surface area is 144 Å². The predicted octanol–water partition coefficient (Wildman–Crippen LogP) is 2.62. The van der Waals surface area contributed by atoms with Gasteiger partial charge in [0.05, 0.1) is 4.88 Å². The van der Waals surface area contributed by atoms with E-state index in [-0.39, 0.29) is 18.4 Å². The quantitative estimate of drug-likeness (QED) is 0.904. The van der Waals surface area contributed by atoms with Crippen molar-refractivity contribution in [1.82, 2.24) is 4.90 Å². The number of ether oxygens (including phenoxy) is 2. The van der Waals surface area contributed by atoms with Crippen LogP contribution >= 0.6 is 11.3 Å². The molecule has 7 heteroatoms. The van der Waals surface area contributed by atoms with Crippen molar-refractivity contribution >= 4 is 28.8 Å². The van der Waals surface area contributed by atoms with Crippen molar-refractivity contribution in [3.8, 4) is 11.5 Å². The van der Waals surface area contributed by atoms with Gasteiger partial charge in [0.2, 0.25) is 5.91 Å². The number of rotatable bonds is 5. The summed E-state index contributed by atoms with van der Waals surface area (Å²) in [4.78, 5) is 26.7. The highest BCUT2D eigenvalue weighted by molar-refractivity contribution is 7.12. The molecule has 0 saturated carbocycles. The summed E-state index contributed by atoms with van der Waals surface area (Å²) in [5.41, 5.74) is 0.615. The number of hydrogen-bond acceptors (Lipinski definition) is 5. The summed E-state index contributed by atoms with van der Waals surface area (Å²) in [6.07, 6.45) is 0. The third kappa shape index (κ3) is 3.68. The highest BCUT2D eigenvalue weighted by atomic mass is 32.1. The highest BCUT2D eigenvalue weighted by Crippen LogP contribution is 2.32. The third-order valence-corrected chi connectivity index (χ3v) is 4.42. The van der Waals surface area contributed by atoms with Crippen LogP contribution in [0.15, 0.2) is 35.7 Å². The molecule has 0 bridgehead atoms. The Morgan fingerprint density at radius 1 is 1.21 bits per heavy atom. The van der Waals surface area contributed by atoms with Gasteiger partial charge in [-0.3, -0.25) is 9.59 Å². The summed E-state index contributed by atoms with van der Waals surface area (Å²) < 4.78 is 10.9. The number of nitrogens with one attached hydrogen (secondary N) is 1. The molecule has 6 nitrogen and oxygen atoms in total. The predicted molar refractivity (Wildman–Crippen MR) is 92.0 cm³/mol. The van der Waals surface area contributed by atoms with E-state index in [4.69, 9.17) is 9.47 Å². The molecule has 24 heavy (non-hydrogen) atoms. The van der Waals surface area contributed by atoms with Crippen LogP contribution in [-0.2, 0) is 4.79 Å². The Balaban J connectivity index is 1.63. The van der Waals surface area contributed by atoms with E-state index in [0.29, 0.717) is 41.8 Å². The van der Waals surface area contributed by atoms with Crippen molar-refractivity contribution in [2.24, 2.45) is 0 Å². The van der Waals surface area contributed by atoms with Crippen LogP contribution in [0.3, 0.4) is 0 Å². The molecule has 0 unspecified atom stereocenters. The first-order chi connectivity index (χ1) is 11.7. The molecule has 2 aromatic rings. The lowest BCUT2D eigenvalue weighted by Gasteiger charge is -2.21. The minimum absolute atomic E-state index is 0.00166. The number of likely N-dealkylation sites (N-methyl/N-ethyl adjacent to an activating group) is 1. The minimum Gasteiger partial charge on any atom is -0.486 e. The second-order valence-corrected chi connectivity index (χ2v) is 6.15. The smallest absolute Gasteiger partial charge is 0.264 e. The first-order valence-corrected chi connectivity index (χ1v) is 8.57. The normalized spacial score (nSPS) is 12.5. The molecule has 0 saturated heterocycles. The van der Waals surface area contributed by atoms with Gasteiger partial charge >= 0.3 is 0 Å². The van der Waals surface area contributed by atoms with E-state index in [0.717, 1.165) is 0 Å². The lowest BCUT2D eigenvalue weighted by Crippen LogP contribution is -2.37. The molecule has 2 heterocycles. The number of carbonyl (C=O) groups excluding carboxylic acids is 2. The van der Waals surface area contributed by atoms with E-state index < -0.39 is 0 Å². The first kappa shape index (κ1) is 16.3. The minimum atomic E-state index is -0.251. The second kappa shape index (κ2) is 7.35. The molecule has 0 spiro atoms. The zero-order chi connectivity index (χ0) is 16.9. The molecule has 0 atom stereocenters. The number of nitrogens with zero attached hydrogens (tertiary/aromatic N) is 1. The van der Waals surface area contributed by atoms with Gasteiger partial charge in [0.1, 0.15) is 19.8 Å². The van der Waals surface area contributed by atoms with Crippen molar-refractivity contribution in [3.63, 3.8) is 0 Å². The number of hydrogen-bond donors (Lipinski definition) is 1. The fraction of sp³-hybridized carbons (Fsp3) is 0.294. The van der Waals surface area contributed by atoms with E-state index in [9.17, 15) is 9.59 Å². The summed E-state index contributed by atoms with van der Waals surface area (Å²) in [7, 11) is 0. The monoisotopic (exact) mass is 346 g/mol. The number of fused-ring (bicyclic) bond motifs is 1. The molecule has 3 rings (SSSR count). The maximum absolute atomic E-state index is 12.3. The van der Waals surface area contributed by atoms with Crippen LogP contribution in [0.2, 0.25) is 0 Å². The van der Waals surface area contributed by atoms with Gasteiger partial charge in [-0.05, 0) is 30.5 Å². The molecule has 126 valence electrons. The Bertz CT molecular complexity index is 730. The highest BCUT2D eigenvalue weighted by Gasteiger charge is 2.19. The second-order valence-electron chi connectivity index (χ2n) is 5.20.